The number of hydrogen-bond donors (Lipinski definition) is 1. The van der Waals surface area contributed by atoms with Crippen molar-refractivity contribution in [1.82, 2.24) is 5.32 Å². The van der Waals surface area contributed by atoms with Crippen LogP contribution in [0.15, 0.2) is 42.5 Å². The highest BCUT2D eigenvalue weighted by atomic mass is 16.5. The topological polar surface area (TPSA) is 47.6 Å². The lowest BCUT2D eigenvalue weighted by atomic mass is 10.0. The minimum Gasteiger partial charge on any atom is -0.497 e. The molecule has 0 saturated carbocycles. The van der Waals surface area contributed by atoms with Crippen molar-refractivity contribution in [2.75, 3.05) is 13.7 Å². The Hall–Kier alpha value is -2.49. The maximum atomic E-state index is 12.2. The van der Waals surface area contributed by atoms with E-state index in [4.69, 9.17) is 9.47 Å². The molecule has 4 heteroatoms. The number of ether oxygens (including phenoxy) is 2. The van der Waals surface area contributed by atoms with Crippen molar-refractivity contribution in [2.45, 2.75) is 33.2 Å². The smallest absolute Gasteiger partial charge is 0.258 e. The Morgan fingerprint density at radius 2 is 1.83 bits per heavy atom. The summed E-state index contributed by atoms with van der Waals surface area (Å²) in [6, 6.07) is 13.5. The number of rotatable bonds is 7. The fourth-order valence-electron chi connectivity index (χ4n) is 2.52. The Bertz CT molecular complexity index is 680. The standard InChI is InChI=1S/C20H25NO3/c1-5-18(16-9-11-17(23-4)12-10-16)21-20(22)13-24-19-8-6-7-14(2)15(19)3/h6-12,18H,5,13H2,1-4H3,(H,21,22)/t18-/m0/s1. The van der Waals surface area contributed by atoms with Crippen LogP contribution in [0, 0.1) is 13.8 Å². The highest BCUT2D eigenvalue weighted by Crippen LogP contribution is 2.21. The van der Waals surface area contributed by atoms with E-state index < -0.39 is 0 Å². The van der Waals surface area contributed by atoms with Crippen molar-refractivity contribution in [1.29, 1.82) is 0 Å². The molecule has 4 nitrogen and oxygen atoms in total. The molecule has 0 aliphatic carbocycles. The zero-order valence-electron chi connectivity index (χ0n) is 14.8. The molecule has 128 valence electrons. The molecule has 0 aromatic heterocycles. The SMILES string of the molecule is CC[C@H](NC(=O)COc1cccc(C)c1C)c1ccc(OC)cc1. The summed E-state index contributed by atoms with van der Waals surface area (Å²) in [5.74, 6) is 1.43. The Balaban J connectivity index is 1.95. The van der Waals surface area contributed by atoms with Gasteiger partial charge in [0.25, 0.3) is 5.91 Å². The van der Waals surface area contributed by atoms with Crippen LogP contribution in [0.3, 0.4) is 0 Å². The van der Waals surface area contributed by atoms with Gasteiger partial charge in [-0.1, -0.05) is 31.2 Å². The van der Waals surface area contributed by atoms with Crippen LogP contribution in [-0.2, 0) is 4.79 Å². The number of amides is 1. The molecule has 2 aromatic carbocycles. The van der Waals surface area contributed by atoms with Crippen LogP contribution in [0.1, 0.15) is 36.1 Å². The molecule has 2 aromatic rings. The summed E-state index contributed by atoms with van der Waals surface area (Å²) in [7, 11) is 1.64. The van der Waals surface area contributed by atoms with Gasteiger partial charge in [0.05, 0.1) is 13.2 Å². The predicted molar refractivity (Wildman–Crippen MR) is 95.6 cm³/mol. The minimum absolute atomic E-state index is 0.0109. The number of benzene rings is 2. The molecular formula is C20H25NO3. The average molecular weight is 327 g/mol. The summed E-state index contributed by atoms with van der Waals surface area (Å²) in [4.78, 5) is 12.2. The van der Waals surface area contributed by atoms with E-state index in [0.29, 0.717) is 0 Å². The molecule has 0 aliphatic heterocycles. The van der Waals surface area contributed by atoms with Crippen LogP contribution in [0.25, 0.3) is 0 Å². The number of aryl methyl sites for hydroxylation is 1. The highest BCUT2D eigenvalue weighted by molar-refractivity contribution is 5.78. The largest absolute Gasteiger partial charge is 0.497 e. The van der Waals surface area contributed by atoms with Gasteiger partial charge in [-0.25, -0.2) is 0 Å². The summed E-state index contributed by atoms with van der Waals surface area (Å²) in [6.07, 6.45) is 0.807. The van der Waals surface area contributed by atoms with Gasteiger partial charge in [-0.05, 0) is 55.2 Å². The van der Waals surface area contributed by atoms with Crippen LogP contribution in [-0.4, -0.2) is 19.6 Å². The molecule has 1 atom stereocenters. The molecule has 1 N–H and O–H groups in total. The molecule has 24 heavy (non-hydrogen) atoms. The van der Waals surface area contributed by atoms with Gasteiger partial charge in [0.1, 0.15) is 11.5 Å². The third kappa shape index (κ3) is 4.51. The number of carbonyl (C=O) groups excluding carboxylic acids is 1. The number of carbonyl (C=O) groups is 1. The summed E-state index contributed by atoms with van der Waals surface area (Å²) in [5, 5.41) is 3.02. The number of methoxy groups -OCH3 is 1. The second kappa shape index (κ2) is 8.39. The normalized spacial score (nSPS) is 11.7. The van der Waals surface area contributed by atoms with Gasteiger partial charge in [-0.3, -0.25) is 4.79 Å². The lowest BCUT2D eigenvalue weighted by Crippen LogP contribution is -2.32. The summed E-state index contributed by atoms with van der Waals surface area (Å²) in [5.41, 5.74) is 3.27. The Kier molecular flexibility index (Phi) is 6.24. The molecule has 1 amide bonds. The van der Waals surface area contributed by atoms with Gasteiger partial charge < -0.3 is 14.8 Å². The van der Waals surface area contributed by atoms with Crippen molar-refractivity contribution < 1.29 is 14.3 Å². The molecule has 0 radical (unpaired) electrons. The first kappa shape index (κ1) is 17.9. The molecule has 0 aliphatic rings. The quantitative estimate of drug-likeness (QED) is 0.837. The third-order valence-corrected chi connectivity index (χ3v) is 4.18. The Labute approximate surface area is 143 Å². The third-order valence-electron chi connectivity index (χ3n) is 4.18. The highest BCUT2D eigenvalue weighted by Gasteiger charge is 2.14. The molecular weight excluding hydrogens is 302 g/mol. The molecule has 0 saturated heterocycles. The van der Waals surface area contributed by atoms with Gasteiger partial charge >= 0.3 is 0 Å². The molecule has 0 heterocycles. The van der Waals surface area contributed by atoms with Crippen molar-refractivity contribution >= 4 is 5.91 Å². The van der Waals surface area contributed by atoms with E-state index in [9.17, 15) is 4.79 Å². The van der Waals surface area contributed by atoms with Gasteiger partial charge in [0.2, 0.25) is 0 Å². The summed E-state index contributed by atoms with van der Waals surface area (Å²) >= 11 is 0. The van der Waals surface area contributed by atoms with Crippen LogP contribution in [0.2, 0.25) is 0 Å². The molecule has 0 fully saturated rings. The van der Waals surface area contributed by atoms with Crippen molar-refractivity contribution in [3.63, 3.8) is 0 Å². The second-order valence-electron chi connectivity index (χ2n) is 5.79. The van der Waals surface area contributed by atoms with Crippen molar-refractivity contribution in [3.05, 3.63) is 59.2 Å². The fourth-order valence-corrected chi connectivity index (χ4v) is 2.52. The lowest BCUT2D eigenvalue weighted by Gasteiger charge is -2.18. The Morgan fingerprint density at radius 3 is 2.46 bits per heavy atom. The van der Waals surface area contributed by atoms with Crippen molar-refractivity contribution in [2.24, 2.45) is 0 Å². The van der Waals surface area contributed by atoms with Crippen LogP contribution in [0.4, 0.5) is 0 Å². The van der Waals surface area contributed by atoms with Crippen LogP contribution >= 0.6 is 0 Å². The zero-order valence-corrected chi connectivity index (χ0v) is 14.8. The van der Waals surface area contributed by atoms with Gasteiger partial charge in [-0.15, -0.1) is 0 Å². The molecule has 0 bridgehead atoms. The van der Waals surface area contributed by atoms with Crippen LogP contribution < -0.4 is 14.8 Å². The maximum Gasteiger partial charge on any atom is 0.258 e. The van der Waals surface area contributed by atoms with E-state index >= 15 is 0 Å². The van der Waals surface area contributed by atoms with E-state index in [1.54, 1.807) is 7.11 Å². The molecule has 2 rings (SSSR count). The lowest BCUT2D eigenvalue weighted by molar-refractivity contribution is -0.123. The number of hydrogen-bond acceptors (Lipinski definition) is 3. The second-order valence-corrected chi connectivity index (χ2v) is 5.79. The number of nitrogens with one attached hydrogen (secondary N) is 1. The predicted octanol–water partition coefficient (Wildman–Crippen LogP) is 3.96. The first-order valence-corrected chi connectivity index (χ1v) is 8.17. The van der Waals surface area contributed by atoms with Gasteiger partial charge in [0.15, 0.2) is 6.61 Å². The Morgan fingerprint density at radius 1 is 1.12 bits per heavy atom. The fraction of sp³-hybridized carbons (Fsp3) is 0.350. The van der Waals surface area contributed by atoms with E-state index in [2.05, 4.69) is 5.32 Å². The average Bonchev–Trinajstić information content (AvgIpc) is 2.61. The van der Waals surface area contributed by atoms with E-state index in [1.165, 1.54) is 0 Å². The molecule has 0 spiro atoms. The molecule has 0 unspecified atom stereocenters. The van der Waals surface area contributed by atoms with E-state index in [0.717, 1.165) is 34.6 Å². The van der Waals surface area contributed by atoms with E-state index in [-0.39, 0.29) is 18.6 Å². The summed E-state index contributed by atoms with van der Waals surface area (Å²) < 4.78 is 10.8. The monoisotopic (exact) mass is 327 g/mol. The van der Waals surface area contributed by atoms with E-state index in [1.807, 2.05) is 63.2 Å². The summed E-state index contributed by atoms with van der Waals surface area (Å²) in [6.45, 7) is 6.07. The first-order valence-electron chi connectivity index (χ1n) is 8.17. The minimum atomic E-state index is -0.126. The van der Waals surface area contributed by atoms with Gasteiger partial charge in [0, 0.05) is 0 Å². The maximum absolute atomic E-state index is 12.2. The van der Waals surface area contributed by atoms with Gasteiger partial charge in [-0.2, -0.15) is 0 Å². The van der Waals surface area contributed by atoms with Crippen LogP contribution in [0.5, 0.6) is 11.5 Å². The first-order chi connectivity index (χ1) is 11.5. The zero-order chi connectivity index (χ0) is 17.5. The van der Waals surface area contributed by atoms with Crippen molar-refractivity contribution in [3.8, 4) is 11.5 Å².